The lowest BCUT2D eigenvalue weighted by Gasteiger charge is -2.25. The Morgan fingerprint density at radius 2 is 1.83 bits per heavy atom. The van der Waals surface area contributed by atoms with Crippen LogP contribution in [0.5, 0.6) is 5.75 Å². The second-order valence-corrected chi connectivity index (χ2v) is 10.2. The molecule has 0 saturated heterocycles. The lowest BCUT2D eigenvalue weighted by molar-refractivity contribution is 0.262. The molecule has 0 fully saturated rings. The molecule has 2 amide bonds. The molecule has 0 bridgehead atoms. The molecule has 1 aromatic heterocycles. The Balaban J connectivity index is 1.54. The van der Waals surface area contributed by atoms with E-state index in [4.69, 9.17) is 0 Å². The van der Waals surface area contributed by atoms with Crippen LogP contribution in [-0.4, -0.2) is 22.7 Å². The first-order chi connectivity index (χ1) is 16.7. The lowest BCUT2D eigenvalue weighted by Crippen LogP contribution is -2.27. The maximum atomic E-state index is 13.6. The second kappa shape index (κ2) is 8.70. The van der Waals surface area contributed by atoms with Crippen LogP contribution < -0.4 is 15.5 Å². The fraction of sp³-hybridized carbons (Fsp3) is 0.185. The molecule has 6 nitrogen and oxygen atoms in total. The minimum atomic E-state index is -0.397. The number of amides is 2. The van der Waals surface area contributed by atoms with E-state index < -0.39 is 6.03 Å². The number of urea groups is 1. The van der Waals surface area contributed by atoms with Crippen molar-refractivity contribution in [1.82, 2.24) is 4.98 Å². The number of aromatic hydroxyl groups is 1. The van der Waals surface area contributed by atoms with Gasteiger partial charge in [-0.1, -0.05) is 44.2 Å². The fourth-order valence-corrected chi connectivity index (χ4v) is 5.22. The number of benzene rings is 3. The van der Waals surface area contributed by atoms with Crippen LogP contribution in [0, 0.1) is 12.7 Å². The van der Waals surface area contributed by atoms with Gasteiger partial charge in [0, 0.05) is 17.3 Å². The second-order valence-electron chi connectivity index (χ2n) is 9.18. The van der Waals surface area contributed by atoms with Crippen LogP contribution in [0.2, 0.25) is 0 Å². The Morgan fingerprint density at radius 1 is 1.09 bits per heavy atom. The molecule has 0 spiro atoms. The minimum Gasteiger partial charge on any atom is -0.506 e. The standard InChI is InChI=1S/C27H25FN4O2S/c1-16-29-23(14-35-16)31-26(34)30-20-6-4-5-7-21(20)32-15-27(2,3)24-19(12-13-22(33)25(24)32)17-8-10-18(28)11-9-17/h4-14,33H,15H2,1-3H3,(H2,30,31,34). The Kier molecular flexibility index (Phi) is 5.68. The van der Waals surface area contributed by atoms with Gasteiger partial charge in [-0.3, -0.25) is 5.32 Å². The van der Waals surface area contributed by atoms with Crippen molar-refractivity contribution in [2.75, 3.05) is 22.1 Å². The van der Waals surface area contributed by atoms with E-state index in [9.17, 15) is 14.3 Å². The van der Waals surface area contributed by atoms with Crippen molar-refractivity contribution >= 4 is 40.2 Å². The van der Waals surface area contributed by atoms with E-state index in [1.165, 1.54) is 23.5 Å². The molecule has 35 heavy (non-hydrogen) atoms. The van der Waals surface area contributed by atoms with Crippen molar-refractivity contribution in [3.63, 3.8) is 0 Å². The van der Waals surface area contributed by atoms with E-state index in [2.05, 4.69) is 29.5 Å². The van der Waals surface area contributed by atoms with Crippen molar-refractivity contribution in [2.24, 2.45) is 0 Å². The number of aromatic nitrogens is 1. The monoisotopic (exact) mass is 488 g/mol. The largest absolute Gasteiger partial charge is 0.506 e. The summed E-state index contributed by atoms with van der Waals surface area (Å²) in [6.07, 6.45) is 0. The lowest BCUT2D eigenvalue weighted by atomic mass is 9.81. The molecule has 1 aliphatic heterocycles. The first kappa shape index (κ1) is 22.9. The number of phenols is 1. The SMILES string of the molecule is Cc1nc(NC(=O)Nc2ccccc2N2CC(C)(C)c3c(-c4ccc(F)cc4)ccc(O)c32)cs1. The van der Waals surface area contributed by atoms with Crippen LogP contribution >= 0.6 is 11.3 Å². The maximum absolute atomic E-state index is 13.6. The molecule has 5 rings (SSSR count). The number of anilines is 4. The van der Waals surface area contributed by atoms with Crippen LogP contribution in [0.15, 0.2) is 66.0 Å². The van der Waals surface area contributed by atoms with Gasteiger partial charge >= 0.3 is 6.03 Å². The van der Waals surface area contributed by atoms with E-state index in [1.807, 2.05) is 42.2 Å². The molecule has 178 valence electrons. The van der Waals surface area contributed by atoms with Gasteiger partial charge in [0.15, 0.2) is 0 Å². The molecule has 1 aliphatic rings. The molecule has 0 aliphatic carbocycles. The normalized spacial score (nSPS) is 14.0. The number of para-hydroxylation sites is 2. The average molecular weight is 489 g/mol. The summed E-state index contributed by atoms with van der Waals surface area (Å²) < 4.78 is 13.6. The molecular formula is C27H25FN4O2S. The average Bonchev–Trinajstić information content (AvgIpc) is 3.35. The molecule has 2 heterocycles. The number of aryl methyl sites for hydroxylation is 1. The number of carbonyl (C=O) groups is 1. The number of hydrogen-bond acceptors (Lipinski definition) is 5. The minimum absolute atomic E-state index is 0.147. The topological polar surface area (TPSA) is 77.5 Å². The number of thiazole rings is 1. The van der Waals surface area contributed by atoms with Gasteiger partial charge in [-0.05, 0) is 53.9 Å². The molecule has 0 saturated carbocycles. The van der Waals surface area contributed by atoms with Crippen LogP contribution in [0.1, 0.15) is 24.4 Å². The number of nitrogens with zero attached hydrogens (tertiary/aromatic N) is 2. The number of carbonyl (C=O) groups excluding carboxylic acids is 1. The Morgan fingerprint density at radius 3 is 2.54 bits per heavy atom. The summed E-state index contributed by atoms with van der Waals surface area (Å²) in [5, 5.41) is 19.3. The molecule has 4 aromatic rings. The number of nitrogens with one attached hydrogen (secondary N) is 2. The Labute approximate surface area is 207 Å². The van der Waals surface area contributed by atoms with Crippen molar-refractivity contribution in [3.05, 3.63) is 82.4 Å². The molecule has 0 radical (unpaired) electrons. The summed E-state index contributed by atoms with van der Waals surface area (Å²) in [6, 6.07) is 17.0. The number of halogens is 1. The van der Waals surface area contributed by atoms with Crippen molar-refractivity contribution in [2.45, 2.75) is 26.2 Å². The van der Waals surface area contributed by atoms with E-state index in [0.717, 1.165) is 27.4 Å². The van der Waals surface area contributed by atoms with Gasteiger partial charge in [0.05, 0.1) is 22.1 Å². The summed E-state index contributed by atoms with van der Waals surface area (Å²) in [5.41, 5.74) is 4.51. The molecule has 3 aromatic carbocycles. The highest BCUT2D eigenvalue weighted by molar-refractivity contribution is 7.09. The smallest absolute Gasteiger partial charge is 0.324 e. The van der Waals surface area contributed by atoms with Gasteiger partial charge in [-0.2, -0.15) is 0 Å². The summed E-state index contributed by atoms with van der Waals surface area (Å²) in [4.78, 5) is 19.0. The third kappa shape index (κ3) is 4.33. The number of rotatable bonds is 4. The first-order valence-electron chi connectivity index (χ1n) is 11.2. The van der Waals surface area contributed by atoms with Crippen molar-refractivity contribution in [3.8, 4) is 16.9 Å². The van der Waals surface area contributed by atoms with Crippen molar-refractivity contribution < 1.29 is 14.3 Å². The van der Waals surface area contributed by atoms with Crippen LogP contribution in [0.25, 0.3) is 11.1 Å². The molecule has 3 N–H and O–H groups in total. The van der Waals surface area contributed by atoms with Gasteiger partial charge in [-0.25, -0.2) is 14.2 Å². The number of phenolic OH excluding ortho intramolecular Hbond substituents is 1. The predicted molar refractivity (Wildman–Crippen MR) is 139 cm³/mol. The first-order valence-corrected chi connectivity index (χ1v) is 12.1. The molecule has 8 heteroatoms. The number of hydrogen-bond donors (Lipinski definition) is 3. The van der Waals surface area contributed by atoms with E-state index in [1.54, 1.807) is 23.6 Å². The predicted octanol–water partition coefficient (Wildman–Crippen LogP) is 7.04. The highest BCUT2D eigenvalue weighted by atomic mass is 32.1. The highest BCUT2D eigenvalue weighted by Crippen LogP contribution is 2.53. The van der Waals surface area contributed by atoms with Crippen molar-refractivity contribution in [1.29, 1.82) is 0 Å². The van der Waals surface area contributed by atoms with E-state index >= 15 is 0 Å². The third-order valence-corrected chi connectivity index (χ3v) is 6.89. The number of fused-ring (bicyclic) bond motifs is 1. The maximum Gasteiger partial charge on any atom is 0.324 e. The summed E-state index contributed by atoms with van der Waals surface area (Å²) in [6.45, 7) is 6.69. The third-order valence-electron chi connectivity index (χ3n) is 6.12. The zero-order chi connectivity index (χ0) is 24.7. The van der Waals surface area contributed by atoms with Gasteiger partial charge in [0.25, 0.3) is 0 Å². The van der Waals surface area contributed by atoms with E-state index in [0.29, 0.717) is 23.7 Å². The quantitative estimate of drug-likeness (QED) is 0.288. The molecule has 0 atom stereocenters. The fourth-order valence-electron chi connectivity index (χ4n) is 4.67. The van der Waals surface area contributed by atoms with Gasteiger partial charge < -0.3 is 15.3 Å². The zero-order valence-corrected chi connectivity index (χ0v) is 20.4. The van der Waals surface area contributed by atoms with Crippen LogP contribution in [0.4, 0.5) is 32.1 Å². The highest BCUT2D eigenvalue weighted by Gasteiger charge is 2.40. The summed E-state index contributed by atoms with van der Waals surface area (Å²) >= 11 is 1.46. The van der Waals surface area contributed by atoms with Crippen LogP contribution in [-0.2, 0) is 5.41 Å². The van der Waals surface area contributed by atoms with Gasteiger partial charge in [0.2, 0.25) is 0 Å². The van der Waals surface area contributed by atoms with Gasteiger partial charge in [-0.15, -0.1) is 11.3 Å². The molecular weight excluding hydrogens is 463 g/mol. The Bertz CT molecular complexity index is 1420. The zero-order valence-electron chi connectivity index (χ0n) is 19.6. The summed E-state index contributed by atoms with van der Waals surface area (Å²) in [7, 11) is 0. The van der Waals surface area contributed by atoms with E-state index in [-0.39, 0.29) is 17.0 Å². The van der Waals surface area contributed by atoms with Crippen LogP contribution in [0.3, 0.4) is 0 Å². The van der Waals surface area contributed by atoms with Gasteiger partial charge in [0.1, 0.15) is 17.4 Å². The Hall–Kier alpha value is -3.91. The molecule has 0 unspecified atom stereocenters. The summed E-state index contributed by atoms with van der Waals surface area (Å²) in [5.74, 6) is 0.349.